The fourth-order valence-corrected chi connectivity index (χ4v) is 3.03. The Morgan fingerprint density at radius 2 is 2.18 bits per heavy atom. The Bertz CT molecular complexity index is 623. The largest absolute Gasteiger partial charge is 0.493 e. The molecule has 1 amide bonds. The molecular formula is C17H19NO4. The summed E-state index contributed by atoms with van der Waals surface area (Å²) in [6.07, 6.45) is 6.35. The van der Waals surface area contributed by atoms with E-state index in [4.69, 9.17) is 4.74 Å². The van der Waals surface area contributed by atoms with Gasteiger partial charge in [0.1, 0.15) is 11.8 Å². The van der Waals surface area contributed by atoms with Crippen molar-refractivity contribution in [3.05, 3.63) is 35.4 Å². The predicted octanol–water partition coefficient (Wildman–Crippen LogP) is 2.10. The van der Waals surface area contributed by atoms with Crippen LogP contribution in [0.15, 0.2) is 24.3 Å². The highest BCUT2D eigenvalue weighted by Crippen LogP contribution is 2.26. The van der Waals surface area contributed by atoms with Crippen LogP contribution in [0, 0.1) is 0 Å². The molecule has 22 heavy (non-hydrogen) atoms. The molecule has 1 aromatic rings. The molecule has 1 saturated heterocycles. The first-order chi connectivity index (χ1) is 10.6. The van der Waals surface area contributed by atoms with Crippen molar-refractivity contribution in [1.82, 2.24) is 4.90 Å². The predicted molar refractivity (Wildman–Crippen MR) is 81.7 cm³/mol. The maximum atomic E-state index is 12.3. The summed E-state index contributed by atoms with van der Waals surface area (Å²) in [6, 6.07) is 5.13. The maximum absolute atomic E-state index is 12.3. The number of carboxylic acid groups (broad SMARTS) is 1. The first-order valence-electron chi connectivity index (χ1n) is 7.62. The van der Waals surface area contributed by atoms with Gasteiger partial charge in [0.05, 0.1) is 6.61 Å². The molecule has 1 aromatic carbocycles. The van der Waals surface area contributed by atoms with Crippen molar-refractivity contribution >= 4 is 18.0 Å². The van der Waals surface area contributed by atoms with Crippen molar-refractivity contribution in [1.29, 1.82) is 0 Å². The molecule has 1 unspecified atom stereocenters. The summed E-state index contributed by atoms with van der Waals surface area (Å²) in [6.45, 7) is 1.22. The lowest BCUT2D eigenvalue weighted by molar-refractivity contribution is -0.150. The van der Waals surface area contributed by atoms with Gasteiger partial charge >= 0.3 is 5.97 Å². The molecule has 0 aliphatic carbocycles. The van der Waals surface area contributed by atoms with Gasteiger partial charge < -0.3 is 14.7 Å². The third-order valence-electron chi connectivity index (χ3n) is 4.20. The third kappa shape index (κ3) is 2.98. The van der Waals surface area contributed by atoms with Crippen LogP contribution >= 0.6 is 0 Å². The minimum atomic E-state index is -0.920. The van der Waals surface area contributed by atoms with E-state index in [0.29, 0.717) is 19.6 Å². The summed E-state index contributed by atoms with van der Waals surface area (Å²) in [5.41, 5.74) is 2.08. The lowest BCUT2D eigenvalue weighted by Crippen LogP contribution is -2.47. The van der Waals surface area contributed by atoms with Crippen molar-refractivity contribution in [2.75, 3.05) is 13.2 Å². The van der Waals surface area contributed by atoms with Crippen LogP contribution in [0.4, 0.5) is 0 Å². The van der Waals surface area contributed by atoms with Crippen molar-refractivity contribution < 1.29 is 19.4 Å². The second kappa shape index (κ2) is 6.22. The standard InChI is InChI=1S/C17H19NO4/c19-16(18-9-2-1-3-14(18)17(20)21)7-5-12-4-6-15-13(11-12)8-10-22-15/h4-7,11,14H,1-3,8-10H2,(H,20,21)/b7-5+. The summed E-state index contributed by atoms with van der Waals surface area (Å²) in [4.78, 5) is 25.0. The molecule has 5 nitrogen and oxygen atoms in total. The van der Waals surface area contributed by atoms with Gasteiger partial charge in [-0.1, -0.05) is 6.07 Å². The number of carboxylic acids is 1. The Morgan fingerprint density at radius 3 is 3.00 bits per heavy atom. The average Bonchev–Trinajstić information content (AvgIpc) is 3.00. The van der Waals surface area contributed by atoms with E-state index in [1.807, 2.05) is 18.2 Å². The minimum Gasteiger partial charge on any atom is -0.493 e. The fourth-order valence-electron chi connectivity index (χ4n) is 3.03. The topological polar surface area (TPSA) is 66.8 Å². The zero-order valence-electron chi connectivity index (χ0n) is 12.3. The molecule has 0 spiro atoms. The number of aliphatic carboxylic acids is 1. The van der Waals surface area contributed by atoms with Gasteiger partial charge in [-0.15, -0.1) is 0 Å². The summed E-state index contributed by atoms with van der Waals surface area (Å²) in [5, 5.41) is 9.22. The maximum Gasteiger partial charge on any atom is 0.326 e. The first kappa shape index (κ1) is 14.6. The average molecular weight is 301 g/mol. The molecule has 0 aromatic heterocycles. The third-order valence-corrected chi connectivity index (χ3v) is 4.20. The smallest absolute Gasteiger partial charge is 0.326 e. The van der Waals surface area contributed by atoms with Crippen LogP contribution in [0.2, 0.25) is 0 Å². The van der Waals surface area contributed by atoms with Crippen LogP contribution in [0.25, 0.3) is 6.08 Å². The van der Waals surface area contributed by atoms with Gasteiger partial charge in [-0.25, -0.2) is 4.79 Å². The molecule has 0 bridgehead atoms. The number of carbonyl (C=O) groups is 2. The molecule has 5 heteroatoms. The fraction of sp³-hybridized carbons (Fsp3) is 0.412. The molecule has 1 N–H and O–H groups in total. The number of hydrogen-bond donors (Lipinski definition) is 1. The zero-order chi connectivity index (χ0) is 15.5. The van der Waals surface area contributed by atoms with Crippen molar-refractivity contribution in [2.45, 2.75) is 31.7 Å². The summed E-state index contributed by atoms with van der Waals surface area (Å²) < 4.78 is 5.45. The van der Waals surface area contributed by atoms with Gasteiger partial charge in [0.15, 0.2) is 0 Å². The summed E-state index contributed by atoms with van der Waals surface area (Å²) in [5.74, 6) is -0.245. The molecule has 1 atom stereocenters. The summed E-state index contributed by atoms with van der Waals surface area (Å²) >= 11 is 0. The molecule has 2 aliphatic heterocycles. The number of fused-ring (bicyclic) bond motifs is 1. The second-order valence-corrected chi connectivity index (χ2v) is 5.68. The van der Waals surface area contributed by atoms with E-state index < -0.39 is 12.0 Å². The number of rotatable bonds is 3. The Kier molecular flexibility index (Phi) is 4.13. The quantitative estimate of drug-likeness (QED) is 0.868. The number of carbonyl (C=O) groups excluding carboxylic acids is 1. The second-order valence-electron chi connectivity index (χ2n) is 5.68. The SMILES string of the molecule is O=C(O)C1CCCCN1C(=O)/C=C/c1ccc2c(c1)CCO2. The van der Waals surface area contributed by atoms with E-state index in [1.54, 1.807) is 6.08 Å². The Labute approximate surface area is 129 Å². The van der Waals surface area contributed by atoms with Gasteiger partial charge in [-0.05, 0) is 48.6 Å². The van der Waals surface area contributed by atoms with Crippen LogP contribution in [-0.2, 0) is 16.0 Å². The normalized spacial score (nSPS) is 20.7. The molecule has 2 aliphatic rings. The van der Waals surface area contributed by atoms with Crippen molar-refractivity contribution in [3.8, 4) is 5.75 Å². The van der Waals surface area contributed by atoms with Crippen LogP contribution in [-0.4, -0.2) is 41.1 Å². The van der Waals surface area contributed by atoms with Gasteiger partial charge in [-0.2, -0.15) is 0 Å². The van der Waals surface area contributed by atoms with E-state index in [1.165, 1.54) is 11.0 Å². The molecule has 0 saturated carbocycles. The summed E-state index contributed by atoms with van der Waals surface area (Å²) in [7, 11) is 0. The highest BCUT2D eigenvalue weighted by atomic mass is 16.5. The molecule has 2 heterocycles. The number of ether oxygens (including phenoxy) is 1. The van der Waals surface area contributed by atoms with E-state index in [2.05, 4.69) is 0 Å². The number of likely N-dealkylation sites (tertiary alicyclic amines) is 1. The molecule has 1 fully saturated rings. The Hall–Kier alpha value is -2.30. The van der Waals surface area contributed by atoms with Crippen LogP contribution in [0.3, 0.4) is 0 Å². The first-order valence-corrected chi connectivity index (χ1v) is 7.62. The monoisotopic (exact) mass is 301 g/mol. The van der Waals surface area contributed by atoms with Crippen LogP contribution in [0.1, 0.15) is 30.4 Å². The Balaban J connectivity index is 1.71. The zero-order valence-corrected chi connectivity index (χ0v) is 12.3. The number of hydrogen-bond acceptors (Lipinski definition) is 3. The number of piperidine rings is 1. The van der Waals surface area contributed by atoms with Gasteiger partial charge in [0, 0.05) is 19.0 Å². The van der Waals surface area contributed by atoms with E-state index in [-0.39, 0.29) is 5.91 Å². The molecule has 3 rings (SSSR count). The van der Waals surface area contributed by atoms with Crippen LogP contribution in [0.5, 0.6) is 5.75 Å². The van der Waals surface area contributed by atoms with E-state index in [0.717, 1.165) is 36.1 Å². The van der Waals surface area contributed by atoms with Crippen molar-refractivity contribution in [3.63, 3.8) is 0 Å². The lowest BCUT2D eigenvalue weighted by atomic mass is 10.0. The van der Waals surface area contributed by atoms with Gasteiger partial charge in [-0.3, -0.25) is 4.79 Å². The highest BCUT2D eigenvalue weighted by Gasteiger charge is 2.30. The van der Waals surface area contributed by atoms with Gasteiger partial charge in [0.25, 0.3) is 0 Å². The number of nitrogens with zero attached hydrogens (tertiary/aromatic N) is 1. The number of benzene rings is 1. The highest BCUT2D eigenvalue weighted by molar-refractivity contribution is 5.94. The lowest BCUT2D eigenvalue weighted by Gasteiger charge is -2.32. The van der Waals surface area contributed by atoms with Crippen molar-refractivity contribution in [2.24, 2.45) is 0 Å². The van der Waals surface area contributed by atoms with Crippen LogP contribution < -0.4 is 4.74 Å². The van der Waals surface area contributed by atoms with E-state index >= 15 is 0 Å². The minimum absolute atomic E-state index is 0.233. The Morgan fingerprint density at radius 1 is 1.32 bits per heavy atom. The molecule has 0 radical (unpaired) electrons. The molecular weight excluding hydrogens is 282 g/mol. The van der Waals surface area contributed by atoms with E-state index in [9.17, 15) is 14.7 Å². The van der Waals surface area contributed by atoms with Gasteiger partial charge in [0.2, 0.25) is 5.91 Å². The number of amides is 1. The molecule has 116 valence electrons.